The third-order valence-electron chi connectivity index (χ3n) is 3.37. The molecule has 0 fully saturated rings. The van der Waals surface area contributed by atoms with Crippen LogP contribution in [0.1, 0.15) is 6.42 Å². The smallest absolute Gasteiger partial charge is 0.161 e. The van der Waals surface area contributed by atoms with Gasteiger partial charge in [-0.05, 0) is 39.2 Å². The van der Waals surface area contributed by atoms with E-state index in [0.717, 1.165) is 24.5 Å². The molecular weight excluding hydrogens is 270 g/mol. The maximum atomic E-state index is 6.01. The van der Waals surface area contributed by atoms with Crippen LogP contribution in [0.2, 0.25) is 0 Å². The minimum atomic E-state index is -0.200. The number of benzene rings is 1. The molecular formula is C14H23N5O2. The topological polar surface area (TPSA) is 89.3 Å². The lowest BCUT2D eigenvalue weighted by molar-refractivity contribution is 0.00811. The van der Waals surface area contributed by atoms with Gasteiger partial charge in [0.2, 0.25) is 0 Å². The predicted molar refractivity (Wildman–Crippen MR) is 82.0 cm³/mol. The molecule has 0 saturated heterocycles. The molecule has 0 aliphatic carbocycles. The Morgan fingerprint density at radius 2 is 2.10 bits per heavy atom. The molecule has 4 N–H and O–H groups in total. The molecule has 0 amide bonds. The van der Waals surface area contributed by atoms with Crippen LogP contribution in [0.25, 0.3) is 0 Å². The van der Waals surface area contributed by atoms with E-state index in [9.17, 15) is 0 Å². The van der Waals surface area contributed by atoms with Crippen LogP contribution in [0.3, 0.4) is 0 Å². The van der Waals surface area contributed by atoms with Crippen molar-refractivity contribution >= 4 is 6.34 Å². The number of hydrazone groups is 1. The van der Waals surface area contributed by atoms with E-state index in [-0.39, 0.29) is 12.1 Å². The number of nitrogens with two attached hydrogens (primary N) is 2. The Balaban J connectivity index is 2.10. The summed E-state index contributed by atoms with van der Waals surface area (Å²) in [6.45, 7) is 1.29. The fraction of sp³-hybridized carbons (Fsp3) is 0.500. The van der Waals surface area contributed by atoms with Crippen molar-refractivity contribution in [1.82, 2.24) is 10.0 Å². The van der Waals surface area contributed by atoms with Gasteiger partial charge in [0.1, 0.15) is 19.0 Å². The zero-order chi connectivity index (χ0) is 15.2. The Hall–Kier alpha value is -1.99. The number of para-hydroxylation sites is 2. The lowest BCUT2D eigenvalue weighted by atomic mass is 10.1. The normalized spacial score (nSPS) is 19.0. The van der Waals surface area contributed by atoms with E-state index in [2.05, 4.69) is 10.0 Å². The zero-order valence-corrected chi connectivity index (χ0v) is 12.5. The molecule has 7 heteroatoms. The van der Waals surface area contributed by atoms with Crippen molar-refractivity contribution in [2.75, 3.05) is 27.2 Å². The van der Waals surface area contributed by atoms with Crippen LogP contribution in [0.4, 0.5) is 0 Å². The van der Waals surface area contributed by atoms with E-state index in [1.807, 2.05) is 38.4 Å². The largest absolute Gasteiger partial charge is 0.486 e. The number of fused-ring (bicyclic) bond motifs is 1. The molecule has 116 valence electrons. The molecule has 0 spiro atoms. The number of hydrogen-bond donors (Lipinski definition) is 2. The molecule has 21 heavy (non-hydrogen) atoms. The Morgan fingerprint density at radius 3 is 2.76 bits per heavy atom. The van der Waals surface area contributed by atoms with Crippen molar-refractivity contribution in [2.24, 2.45) is 16.7 Å². The highest BCUT2D eigenvalue weighted by molar-refractivity contribution is 5.50. The fourth-order valence-electron chi connectivity index (χ4n) is 2.27. The minimum Gasteiger partial charge on any atom is -0.486 e. The standard InChI is InChI=1S/C14H23N5O2/c1-18(2)8-7-11(19(16)17-10-15)14-9-20-12-5-3-4-6-13(12)21-14/h3-6,10-11,14H,7-9,16H2,1-2H3,(H2,15,17). The van der Waals surface area contributed by atoms with Gasteiger partial charge in [-0.15, -0.1) is 0 Å². The molecule has 1 heterocycles. The van der Waals surface area contributed by atoms with Crippen LogP contribution < -0.4 is 21.1 Å². The van der Waals surface area contributed by atoms with E-state index in [4.69, 9.17) is 21.1 Å². The fourth-order valence-corrected chi connectivity index (χ4v) is 2.27. The average Bonchev–Trinajstić information content (AvgIpc) is 2.47. The number of hydrazine groups is 1. The van der Waals surface area contributed by atoms with Crippen molar-refractivity contribution in [3.8, 4) is 11.5 Å². The van der Waals surface area contributed by atoms with Crippen molar-refractivity contribution < 1.29 is 9.47 Å². The Bertz CT molecular complexity index is 480. The van der Waals surface area contributed by atoms with Gasteiger partial charge in [0.25, 0.3) is 0 Å². The summed E-state index contributed by atoms with van der Waals surface area (Å²) in [5.74, 6) is 7.45. The molecule has 2 atom stereocenters. The third-order valence-corrected chi connectivity index (χ3v) is 3.37. The van der Waals surface area contributed by atoms with Crippen molar-refractivity contribution in [2.45, 2.75) is 18.6 Å². The highest BCUT2D eigenvalue weighted by atomic mass is 16.6. The van der Waals surface area contributed by atoms with E-state index < -0.39 is 0 Å². The first kappa shape index (κ1) is 15.4. The SMILES string of the molecule is CN(C)CCC(C1COc2ccccc2O1)N(N)/N=C\N. The molecule has 2 rings (SSSR count). The summed E-state index contributed by atoms with van der Waals surface area (Å²) < 4.78 is 11.8. The highest BCUT2D eigenvalue weighted by Crippen LogP contribution is 2.32. The molecule has 1 aliphatic rings. The van der Waals surface area contributed by atoms with Gasteiger partial charge < -0.3 is 20.1 Å². The number of ether oxygens (including phenoxy) is 2. The van der Waals surface area contributed by atoms with Crippen LogP contribution in [-0.2, 0) is 0 Å². The summed E-state index contributed by atoms with van der Waals surface area (Å²) in [6.07, 6.45) is 1.77. The summed E-state index contributed by atoms with van der Waals surface area (Å²) in [4.78, 5) is 2.09. The van der Waals surface area contributed by atoms with Crippen LogP contribution in [0.15, 0.2) is 29.4 Å². The monoisotopic (exact) mass is 293 g/mol. The van der Waals surface area contributed by atoms with Gasteiger partial charge in [-0.25, -0.2) is 11.0 Å². The van der Waals surface area contributed by atoms with Gasteiger partial charge >= 0.3 is 0 Å². The Morgan fingerprint density at radius 1 is 1.38 bits per heavy atom. The molecule has 2 unspecified atom stereocenters. The lowest BCUT2D eigenvalue weighted by Gasteiger charge is -2.35. The Kier molecular flexibility index (Phi) is 5.24. The maximum absolute atomic E-state index is 6.01. The van der Waals surface area contributed by atoms with Gasteiger partial charge in [-0.2, -0.15) is 5.10 Å². The first-order chi connectivity index (χ1) is 10.1. The number of rotatable bonds is 6. The molecule has 0 aromatic heterocycles. The van der Waals surface area contributed by atoms with Crippen molar-refractivity contribution in [1.29, 1.82) is 0 Å². The van der Waals surface area contributed by atoms with Crippen molar-refractivity contribution in [3.05, 3.63) is 24.3 Å². The second-order valence-electron chi connectivity index (χ2n) is 5.22. The molecule has 1 aliphatic heterocycles. The van der Waals surface area contributed by atoms with Gasteiger partial charge in [-0.1, -0.05) is 12.1 Å². The van der Waals surface area contributed by atoms with Crippen LogP contribution in [0.5, 0.6) is 11.5 Å². The molecule has 0 bridgehead atoms. The van der Waals surface area contributed by atoms with Gasteiger partial charge in [0.05, 0.1) is 0 Å². The van der Waals surface area contributed by atoms with E-state index in [1.165, 1.54) is 11.5 Å². The quantitative estimate of drug-likeness (QED) is 0.338. The molecule has 1 aromatic rings. The number of nitrogens with zero attached hydrogens (tertiary/aromatic N) is 3. The molecule has 0 radical (unpaired) electrons. The summed E-state index contributed by atoms with van der Waals surface area (Å²) in [6, 6.07) is 7.48. The minimum absolute atomic E-state index is 0.124. The van der Waals surface area contributed by atoms with Gasteiger partial charge in [-0.3, -0.25) is 0 Å². The second-order valence-corrected chi connectivity index (χ2v) is 5.22. The maximum Gasteiger partial charge on any atom is 0.161 e. The number of hydrogen-bond acceptors (Lipinski definition) is 6. The summed E-state index contributed by atoms with van der Waals surface area (Å²) in [5.41, 5.74) is 5.33. The second kappa shape index (κ2) is 7.14. The average molecular weight is 293 g/mol. The summed E-state index contributed by atoms with van der Waals surface area (Å²) in [5, 5.41) is 5.30. The van der Waals surface area contributed by atoms with Gasteiger partial charge in [0, 0.05) is 0 Å². The van der Waals surface area contributed by atoms with Crippen LogP contribution in [0, 0.1) is 0 Å². The predicted octanol–water partition coefficient (Wildman–Crippen LogP) is 0.224. The van der Waals surface area contributed by atoms with Gasteiger partial charge in [0.15, 0.2) is 17.6 Å². The van der Waals surface area contributed by atoms with Crippen molar-refractivity contribution in [3.63, 3.8) is 0 Å². The first-order valence-corrected chi connectivity index (χ1v) is 6.93. The molecule has 0 saturated carbocycles. The molecule has 7 nitrogen and oxygen atoms in total. The van der Waals surface area contributed by atoms with E-state index >= 15 is 0 Å². The highest BCUT2D eigenvalue weighted by Gasteiger charge is 2.32. The zero-order valence-electron chi connectivity index (χ0n) is 12.5. The Labute approximate surface area is 125 Å². The third kappa shape index (κ3) is 3.99. The lowest BCUT2D eigenvalue weighted by Crippen LogP contribution is -2.51. The van der Waals surface area contributed by atoms with Crippen LogP contribution >= 0.6 is 0 Å². The summed E-state index contributed by atoms with van der Waals surface area (Å²) in [7, 11) is 4.02. The van der Waals surface area contributed by atoms with E-state index in [1.54, 1.807) is 0 Å². The molecule has 1 aromatic carbocycles. The summed E-state index contributed by atoms with van der Waals surface area (Å²) >= 11 is 0. The van der Waals surface area contributed by atoms with Crippen LogP contribution in [-0.4, -0.2) is 55.7 Å². The first-order valence-electron chi connectivity index (χ1n) is 6.93. The van der Waals surface area contributed by atoms with E-state index in [0.29, 0.717) is 6.61 Å².